The molecule has 0 unspecified atom stereocenters. The van der Waals surface area contributed by atoms with E-state index in [1.807, 2.05) is 40.7 Å². The van der Waals surface area contributed by atoms with Crippen LogP contribution in [0.15, 0.2) is 12.1 Å². The first-order chi connectivity index (χ1) is 8.07. The van der Waals surface area contributed by atoms with Crippen LogP contribution in [0.25, 0.3) is 0 Å². The van der Waals surface area contributed by atoms with Crippen LogP contribution in [0, 0.1) is 13.8 Å². The summed E-state index contributed by atoms with van der Waals surface area (Å²) in [6, 6.07) is 3.68. The quantitative estimate of drug-likeness (QED) is 0.824. The lowest BCUT2D eigenvalue weighted by Gasteiger charge is -2.28. The Labute approximate surface area is 108 Å². The number of phosphoric acid groups is 1. The van der Waals surface area contributed by atoms with Gasteiger partial charge in [0.05, 0.1) is 0 Å². The molecule has 4 nitrogen and oxygen atoms in total. The van der Waals surface area contributed by atoms with Gasteiger partial charge in [0, 0.05) is 5.56 Å². The van der Waals surface area contributed by atoms with Crippen molar-refractivity contribution in [3.8, 4) is 5.75 Å². The van der Waals surface area contributed by atoms with Crippen LogP contribution >= 0.6 is 7.82 Å². The lowest BCUT2D eigenvalue weighted by atomic mass is 9.79. The van der Waals surface area contributed by atoms with Gasteiger partial charge in [0.15, 0.2) is 0 Å². The van der Waals surface area contributed by atoms with E-state index in [0.717, 1.165) is 23.1 Å². The molecule has 1 aromatic rings. The van der Waals surface area contributed by atoms with Crippen LogP contribution < -0.4 is 4.52 Å². The normalized spacial score (nSPS) is 12.6. The van der Waals surface area contributed by atoms with E-state index < -0.39 is 7.82 Å². The lowest BCUT2D eigenvalue weighted by molar-refractivity contribution is 0.280. The van der Waals surface area contributed by atoms with Crippen molar-refractivity contribution in [2.45, 2.75) is 46.5 Å². The first kappa shape index (κ1) is 15.2. The largest absolute Gasteiger partial charge is 0.524 e. The van der Waals surface area contributed by atoms with Crippen LogP contribution in [0.1, 0.15) is 43.9 Å². The number of hydrogen-bond acceptors (Lipinski definition) is 2. The maximum atomic E-state index is 11.1. The van der Waals surface area contributed by atoms with Gasteiger partial charge in [-0.25, -0.2) is 4.57 Å². The van der Waals surface area contributed by atoms with Gasteiger partial charge in [-0.3, -0.25) is 9.79 Å². The van der Waals surface area contributed by atoms with Crippen LogP contribution in [-0.2, 0) is 9.98 Å². The van der Waals surface area contributed by atoms with Gasteiger partial charge < -0.3 is 4.52 Å². The number of phosphoric ester groups is 1. The zero-order chi connectivity index (χ0) is 14.1. The van der Waals surface area contributed by atoms with Gasteiger partial charge in [0.2, 0.25) is 0 Å². The fourth-order valence-electron chi connectivity index (χ4n) is 2.17. The minimum Gasteiger partial charge on any atom is -0.404 e. The summed E-state index contributed by atoms with van der Waals surface area (Å²) < 4.78 is 15.9. The van der Waals surface area contributed by atoms with E-state index in [9.17, 15) is 4.57 Å². The van der Waals surface area contributed by atoms with Gasteiger partial charge in [0.1, 0.15) is 5.75 Å². The smallest absolute Gasteiger partial charge is 0.404 e. The Balaban J connectivity index is 3.44. The molecule has 0 spiro atoms. The molecule has 0 radical (unpaired) electrons. The van der Waals surface area contributed by atoms with Gasteiger partial charge in [-0.2, -0.15) is 0 Å². The summed E-state index contributed by atoms with van der Waals surface area (Å²) in [4.78, 5) is 18.0. The van der Waals surface area contributed by atoms with E-state index in [-0.39, 0.29) is 11.2 Å². The van der Waals surface area contributed by atoms with Gasteiger partial charge in [-0.15, -0.1) is 0 Å². The average molecular weight is 272 g/mol. The van der Waals surface area contributed by atoms with Gasteiger partial charge in [-0.05, 0) is 42.9 Å². The van der Waals surface area contributed by atoms with Crippen LogP contribution in [0.3, 0.4) is 0 Å². The number of hydrogen-bond donors (Lipinski definition) is 2. The van der Waals surface area contributed by atoms with Gasteiger partial charge in [0.25, 0.3) is 0 Å². The second-order valence-corrected chi connectivity index (χ2v) is 6.44. The van der Waals surface area contributed by atoms with Crippen molar-refractivity contribution in [1.29, 1.82) is 0 Å². The predicted molar refractivity (Wildman–Crippen MR) is 71.9 cm³/mol. The second kappa shape index (κ2) is 5.04. The lowest BCUT2D eigenvalue weighted by Crippen LogP contribution is -2.18. The maximum Gasteiger partial charge on any atom is 0.524 e. The SMILES string of the molecule is CCC(C)(C)c1c(C)cc(C)cc1OP(=O)(O)O. The Hall–Kier alpha value is -0.830. The fraction of sp³-hybridized carbons (Fsp3) is 0.538. The van der Waals surface area contributed by atoms with Crippen molar-refractivity contribution in [3.63, 3.8) is 0 Å². The monoisotopic (exact) mass is 272 g/mol. The molecule has 0 saturated carbocycles. The van der Waals surface area contributed by atoms with Crippen molar-refractivity contribution in [1.82, 2.24) is 0 Å². The highest BCUT2D eigenvalue weighted by atomic mass is 31.2. The zero-order valence-corrected chi connectivity index (χ0v) is 12.4. The van der Waals surface area contributed by atoms with E-state index in [0.29, 0.717) is 0 Å². The number of benzene rings is 1. The van der Waals surface area contributed by atoms with Gasteiger partial charge >= 0.3 is 7.82 Å². The summed E-state index contributed by atoms with van der Waals surface area (Å²) >= 11 is 0. The molecule has 1 rings (SSSR count). The van der Waals surface area contributed by atoms with Crippen molar-refractivity contribution in [2.75, 3.05) is 0 Å². The van der Waals surface area contributed by atoms with Crippen LogP contribution in [0.5, 0.6) is 5.75 Å². The molecule has 2 N–H and O–H groups in total. The molecule has 0 amide bonds. The molecule has 0 bridgehead atoms. The molecule has 0 aromatic heterocycles. The van der Waals surface area contributed by atoms with E-state index in [1.165, 1.54) is 0 Å². The van der Waals surface area contributed by atoms with Crippen molar-refractivity contribution in [2.24, 2.45) is 0 Å². The van der Waals surface area contributed by atoms with E-state index in [2.05, 4.69) is 0 Å². The molecule has 0 atom stereocenters. The number of rotatable bonds is 4. The summed E-state index contributed by atoms with van der Waals surface area (Å²) in [7, 11) is -4.53. The molecular formula is C13H21O4P. The van der Waals surface area contributed by atoms with Crippen molar-refractivity contribution < 1.29 is 18.9 Å². The van der Waals surface area contributed by atoms with Crippen LogP contribution in [0.2, 0.25) is 0 Å². The molecular weight excluding hydrogens is 251 g/mol. The first-order valence-electron chi connectivity index (χ1n) is 5.93. The molecule has 18 heavy (non-hydrogen) atoms. The molecule has 0 aliphatic rings. The minimum absolute atomic E-state index is 0.192. The van der Waals surface area contributed by atoms with Crippen molar-refractivity contribution >= 4 is 7.82 Å². The third-order valence-electron chi connectivity index (χ3n) is 3.22. The Kier molecular flexibility index (Phi) is 4.26. The predicted octanol–water partition coefficient (Wildman–Crippen LogP) is 3.46. The first-order valence-corrected chi connectivity index (χ1v) is 7.46. The van der Waals surface area contributed by atoms with Gasteiger partial charge in [-0.1, -0.05) is 26.8 Å². The zero-order valence-electron chi connectivity index (χ0n) is 11.5. The molecule has 5 heteroatoms. The highest BCUT2D eigenvalue weighted by Crippen LogP contribution is 2.44. The molecule has 0 aliphatic heterocycles. The Morgan fingerprint density at radius 2 is 1.83 bits per heavy atom. The fourth-order valence-corrected chi connectivity index (χ4v) is 2.57. The molecule has 102 valence electrons. The third-order valence-corrected chi connectivity index (χ3v) is 3.66. The molecule has 0 aliphatic carbocycles. The topological polar surface area (TPSA) is 66.8 Å². The van der Waals surface area contributed by atoms with Crippen LogP contribution in [-0.4, -0.2) is 9.79 Å². The standard InChI is InChI=1S/C13H21O4P/c1-6-13(4,5)12-10(3)7-9(2)8-11(12)17-18(14,15)16/h7-8H,6H2,1-5H3,(H2,14,15,16). The summed E-state index contributed by atoms with van der Waals surface area (Å²) in [5.41, 5.74) is 2.58. The Morgan fingerprint density at radius 3 is 2.28 bits per heavy atom. The molecule has 1 aromatic carbocycles. The summed E-state index contributed by atoms with van der Waals surface area (Å²) in [6.07, 6.45) is 0.856. The van der Waals surface area contributed by atoms with E-state index in [4.69, 9.17) is 14.3 Å². The highest BCUT2D eigenvalue weighted by Gasteiger charge is 2.28. The third kappa shape index (κ3) is 3.58. The van der Waals surface area contributed by atoms with E-state index in [1.54, 1.807) is 6.07 Å². The summed E-state index contributed by atoms with van der Waals surface area (Å²) in [5.74, 6) is 0.285. The van der Waals surface area contributed by atoms with Crippen molar-refractivity contribution in [3.05, 3.63) is 28.8 Å². The molecule has 0 fully saturated rings. The van der Waals surface area contributed by atoms with Crippen LogP contribution in [0.4, 0.5) is 0 Å². The molecule has 0 saturated heterocycles. The molecule has 0 heterocycles. The van der Waals surface area contributed by atoms with E-state index >= 15 is 0 Å². The summed E-state index contributed by atoms with van der Waals surface area (Å²) in [6.45, 7) is 9.93. The highest BCUT2D eigenvalue weighted by molar-refractivity contribution is 7.46. The average Bonchev–Trinajstić information content (AvgIpc) is 2.12. The minimum atomic E-state index is -4.53. The Morgan fingerprint density at radius 1 is 1.28 bits per heavy atom. The Bertz CT molecular complexity index is 488. The number of aryl methyl sites for hydroxylation is 2. The second-order valence-electron chi connectivity index (χ2n) is 5.27. The summed E-state index contributed by atoms with van der Waals surface area (Å²) in [5, 5.41) is 0. The maximum absolute atomic E-state index is 11.1.